The van der Waals surface area contributed by atoms with E-state index in [1.54, 1.807) is 6.92 Å². The van der Waals surface area contributed by atoms with E-state index in [2.05, 4.69) is 24.4 Å². The molecule has 6 rings (SSSR count). The van der Waals surface area contributed by atoms with E-state index in [0.717, 1.165) is 48.0 Å². The lowest BCUT2D eigenvalue weighted by molar-refractivity contribution is -0.139. The van der Waals surface area contributed by atoms with Gasteiger partial charge in [-0.2, -0.15) is 0 Å². The Morgan fingerprint density at radius 2 is 1.52 bits per heavy atom. The molecule has 0 aromatic heterocycles. The van der Waals surface area contributed by atoms with Gasteiger partial charge in [0.15, 0.2) is 0 Å². The Labute approximate surface area is 252 Å². The van der Waals surface area contributed by atoms with Gasteiger partial charge in [0.2, 0.25) is 21.8 Å². The molecular formula is C34H47N3O4S. The first-order valence-electron chi connectivity index (χ1n) is 15.7. The molecule has 0 heterocycles. The van der Waals surface area contributed by atoms with Crippen LogP contribution in [0.2, 0.25) is 0 Å². The Balaban J connectivity index is 1.36. The maximum atomic E-state index is 13.9. The van der Waals surface area contributed by atoms with Gasteiger partial charge in [-0.15, -0.1) is 0 Å². The van der Waals surface area contributed by atoms with E-state index >= 15 is 0 Å². The number of benzene rings is 2. The second-order valence-electron chi connectivity index (χ2n) is 13.3. The molecule has 0 saturated heterocycles. The summed E-state index contributed by atoms with van der Waals surface area (Å²) in [6.07, 6.45) is 10.8. The van der Waals surface area contributed by atoms with Gasteiger partial charge >= 0.3 is 0 Å². The molecule has 8 heteroatoms. The standard InChI is InChI=1S/C34H47N3O4S/c1-5-6-15-35-33(39)25(3)36(22-26-9-7-24(2)8-10-26)32(38)23-37(42(4,40)41)31-13-11-30(12-14-31)34-19-27-16-28(20-34)18-29(17-27)21-34/h7-14,25,27-29H,5-6,15-23H2,1-4H3,(H,35,39)/t25-,27?,28?,29?,34?/m1/s1. The SMILES string of the molecule is CCCCNC(=O)[C@@H](C)N(Cc1ccc(C)cc1)C(=O)CN(c1ccc(C23CC4CC(CC(C4)C2)C3)cc1)S(C)(=O)=O. The molecule has 228 valence electrons. The Hall–Kier alpha value is -2.87. The summed E-state index contributed by atoms with van der Waals surface area (Å²) < 4.78 is 27.3. The van der Waals surface area contributed by atoms with Gasteiger partial charge in [-0.3, -0.25) is 13.9 Å². The normalized spacial score (nSPS) is 25.2. The van der Waals surface area contributed by atoms with E-state index in [0.29, 0.717) is 12.2 Å². The smallest absolute Gasteiger partial charge is 0.244 e. The third kappa shape index (κ3) is 6.69. The van der Waals surface area contributed by atoms with Gasteiger partial charge in [0.05, 0.1) is 11.9 Å². The van der Waals surface area contributed by atoms with Crippen molar-refractivity contribution in [3.8, 4) is 0 Å². The molecule has 0 spiro atoms. The number of nitrogens with zero attached hydrogens (tertiary/aromatic N) is 2. The van der Waals surface area contributed by atoms with Crippen molar-refractivity contribution >= 4 is 27.5 Å². The molecule has 1 N–H and O–H groups in total. The molecule has 42 heavy (non-hydrogen) atoms. The number of carbonyl (C=O) groups is 2. The molecule has 2 aromatic rings. The van der Waals surface area contributed by atoms with Crippen molar-refractivity contribution < 1.29 is 18.0 Å². The number of carbonyl (C=O) groups excluding carboxylic acids is 2. The fraction of sp³-hybridized carbons (Fsp3) is 0.588. The highest BCUT2D eigenvalue weighted by Crippen LogP contribution is 2.60. The van der Waals surface area contributed by atoms with Gasteiger partial charge in [-0.1, -0.05) is 55.3 Å². The fourth-order valence-corrected chi connectivity index (χ4v) is 8.92. The molecule has 4 aliphatic rings. The summed E-state index contributed by atoms with van der Waals surface area (Å²) >= 11 is 0. The highest BCUT2D eigenvalue weighted by atomic mass is 32.2. The van der Waals surface area contributed by atoms with Crippen LogP contribution in [0.5, 0.6) is 0 Å². The Bertz CT molecular complexity index is 1340. The Kier molecular flexibility index (Phi) is 9.02. The van der Waals surface area contributed by atoms with Crippen molar-refractivity contribution in [1.29, 1.82) is 0 Å². The Morgan fingerprint density at radius 1 is 0.952 bits per heavy atom. The average Bonchev–Trinajstić information content (AvgIpc) is 2.94. The van der Waals surface area contributed by atoms with Crippen LogP contribution in [0.4, 0.5) is 5.69 Å². The van der Waals surface area contributed by atoms with E-state index in [4.69, 9.17) is 0 Å². The van der Waals surface area contributed by atoms with Crippen molar-refractivity contribution in [2.24, 2.45) is 17.8 Å². The van der Waals surface area contributed by atoms with Crippen molar-refractivity contribution in [2.75, 3.05) is 23.7 Å². The molecule has 4 bridgehead atoms. The molecule has 2 aromatic carbocycles. The third-order valence-electron chi connectivity index (χ3n) is 9.96. The fourth-order valence-electron chi connectivity index (χ4n) is 8.07. The van der Waals surface area contributed by atoms with Gasteiger partial charge in [-0.05, 0) is 105 Å². The lowest BCUT2D eigenvalue weighted by atomic mass is 9.48. The second-order valence-corrected chi connectivity index (χ2v) is 15.2. The summed E-state index contributed by atoms with van der Waals surface area (Å²) in [4.78, 5) is 28.4. The first kappa shape index (κ1) is 30.6. The van der Waals surface area contributed by atoms with Crippen molar-refractivity contribution in [1.82, 2.24) is 10.2 Å². The molecule has 2 amide bonds. The monoisotopic (exact) mass is 593 g/mol. The number of rotatable bonds is 12. The number of amides is 2. The van der Waals surface area contributed by atoms with Crippen LogP contribution < -0.4 is 9.62 Å². The van der Waals surface area contributed by atoms with E-state index < -0.39 is 22.0 Å². The van der Waals surface area contributed by atoms with Gasteiger partial charge < -0.3 is 10.2 Å². The first-order valence-corrected chi connectivity index (χ1v) is 17.5. The van der Waals surface area contributed by atoms with Crippen LogP contribution in [0.3, 0.4) is 0 Å². The van der Waals surface area contributed by atoms with Crippen LogP contribution in [0.1, 0.15) is 81.9 Å². The highest BCUT2D eigenvalue weighted by Gasteiger charge is 2.51. The van der Waals surface area contributed by atoms with Gasteiger partial charge in [0.25, 0.3) is 0 Å². The predicted molar refractivity (Wildman–Crippen MR) is 168 cm³/mol. The molecule has 0 unspecified atom stereocenters. The minimum Gasteiger partial charge on any atom is -0.354 e. The number of hydrogen-bond donors (Lipinski definition) is 1. The molecule has 7 nitrogen and oxygen atoms in total. The van der Waals surface area contributed by atoms with Gasteiger partial charge in [-0.25, -0.2) is 8.42 Å². The zero-order chi connectivity index (χ0) is 30.1. The number of unbranched alkanes of at least 4 members (excludes halogenated alkanes) is 1. The van der Waals surface area contributed by atoms with Crippen molar-refractivity contribution in [3.05, 3.63) is 65.2 Å². The molecular weight excluding hydrogens is 546 g/mol. The number of hydrogen-bond acceptors (Lipinski definition) is 4. The third-order valence-corrected chi connectivity index (χ3v) is 11.1. The predicted octanol–water partition coefficient (Wildman–Crippen LogP) is 5.56. The summed E-state index contributed by atoms with van der Waals surface area (Å²) in [6, 6.07) is 15.0. The first-order chi connectivity index (χ1) is 20.0. The average molecular weight is 594 g/mol. The quantitative estimate of drug-likeness (QED) is 0.327. The minimum absolute atomic E-state index is 0.212. The van der Waals surface area contributed by atoms with Crippen LogP contribution in [0.15, 0.2) is 48.5 Å². The van der Waals surface area contributed by atoms with Crippen LogP contribution in [-0.2, 0) is 31.6 Å². The van der Waals surface area contributed by atoms with E-state index in [1.807, 2.05) is 43.3 Å². The number of nitrogens with one attached hydrogen (secondary N) is 1. The van der Waals surface area contributed by atoms with E-state index in [-0.39, 0.29) is 24.4 Å². The van der Waals surface area contributed by atoms with Crippen molar-refractivity contribution in [3.63, 3.8) is 0 Å². The van der Waals surface area contributed by atoms with Crippen LogP contribution in [-0.4, -0.2) is 50.5 Å². The molecule has 4 aliphatic carbocycles. The molecule has 0 radical (unpaired) electrons. The molecule has 4 saturated carbocycles. The second kappa shape index (κ2) is 12.4. The lowest BCUT2D eigenvalue weighted by Crippen LogP contribution is -2.51. The summed E-state index contributed by atoms with van der Waals surface area (Å²) in [6.45, 7) is 6.14. The number of aryl methyl sites for hydroxylation is 1. The molecule has 4 fully saturated rings. The summed E-state index contributed by atoms with van der Waals surface area (Å²) in [7, 11) is -3.76. The van der Waals surface area contributed by atoms with Crippen molar-refractivity contribution in [2.45, 2.75) is 90.1 Å². The minimum atomic E-state index is -3.76. The van der Waals surface area contributed by atoms with Crippen LogP contribution in [0, 0.1) is 24.7 Å². The Morgan fingerprint density at radius 3 is 2.05 bits per heavy atom. The van der Waals surface area contributed by atoms with Gasteiger partial charge in [0.1, 0.15) is 12.6 Å². The summed E-state index contributed by atoms with van der Waals surface area (Å²) in [5.74, 6) is 1.81. The van der Waals surface area contributed by atoms with Crippen LogP contribution >= 0.6 is 0 Å². The molecule has 0 aliphatic heterocycles. The van der Waals surface area contributed by atoms with E-state index in [9.17, 15) is 18.0 Å². The highest BCUT2D eigenvalue weighted by molar-refractivity contribution is 7.92. The van der Waals surface area contributed by atoms with Gasteiger partial charge in [0, 0.05) is 13.1 Å². The summed E-state index contributed by atoms with van der Waals surface area (Å²) in [5, 5.41) is 2.92. The summed E-state index contributed by atoms with van der Waals surface area (Å²) in [5.41, 5.74) is 3.98. The maximum absolute atomic E-state index is 13.9. The topological polar surface area (TPSA) is 86.8 Å². The van der Waals surface area contributed by atoms with Crippen LogP contribution in [0.25, 0.3) is 0 Å². The van der Waals surface area contributed by atoms with E-state index in [1.165, 1.54) is 53.3 Å². The lowest BCUT2D eigenvalue weighted by Gasteiger charge is -2.57. The zero-order valence-corrected chi connectivity index (χ0v) is 26.5. The molecule has 1 atom stereocenters. The number of sulfonamides is 1. The number of anilines is 1. The maximum Gasteiger partial charge on any atom is 0.244 e. The zero-order valence-electron chi connectivity index (χ0n) is 25.6. The largest absolute Gasteiger partial charge is 0.354 e.